The molecule has 0 aliphatic carbocycles. The van der Waals surface area contributed by atoms with Crippen LogP contribution in [0, 0.1) is 0 Å². The number of carbonyl (C=O) groups is 3. The van der Waals surface area contributed by atoms with E-state index >= 15 is 0 Å². The Morgan fingerprint density at radius 3 is 2.56 bits per heavy atom. The zero-order chi connectivity index (χ0) is 22.6. The molecule has 7 nitrogen and oxygen atoms in total. The number of amides is 2. The average molecular weight is 453 g/mol. The number of rotatable bonds is 3. The minimum Gasteiger partial charge on any atom is -0.507 e. The molecule has 0 radical (unpaired) electrons. The highest BCUT2D eigenvalue weighted by molar-refractivity contribution is 6.50. The van der Waals surface area contributed by atoms with E-state index in [-0.39, 0.29) is 18.2 Å². The van der Waals surface area contributed by atoms with E-state index in [2.05, 4.69) is 0 Å². The Kier molecular flexibility index (Phi) is 4.83. The van der Waals surface area contributed by atoms with Crippen LogP contribution in [0.2, 0.25) is 5.02 Å². The minimum absolute atomic E-state index is 0.0793. The second-order valence-corrected chi connectivity index (χ2v) is 8.64. The van der Waals surface area contributed by atoms with Crippen molar-refractivity contribution in [2.24, 2.45) is 0 Å². The first kappa shape index (κ1) is 20.7. The lowest BCUT2D eigenvalue weighted by atomic mass is 9.81. The van der Waals surface area contributed by atoms with Crippen LogP contribution in [0.25, 0.3) is 5.76 Å². The number of nitrogens with zero attached hydrogens (tertiary/aromatic N) is 2. The standard InChI is InChI=1S/C24H21ClN2O5/c1-26-18-7-3-2-6-17(18)24(23(26)31)19(20(28)14-8-10-15(25)11-9-14)21(29)22(30)27(24)13-16-5-4-12-32-16/h2-3,6-11,16,28H,4-5,12-13H2,1H3/t16-,24+/m0/s1. The first-order chi connectivity index (χ1) is 15.4. The van der Waals surface area contributed by atoms with Crippen LogP contribution in [-0.4, -0.2) is 53.9 Å². The molecule has 2 saturated heterocycles. The van der Waals surface area contributed by atoms with Gasteiger partial charge in [0.1, 0.15) is 5.76 Å². The van der Waals surface area contributed by atoms with Crippen LogP contribution in [0.4, 0.5) is 5.69 Å². The molecule has 1 N–H and O–H groups in total. The Hall–Kier alpha value is -3.16. The average Bonchev–Trinajstić information content (AvgIpc) is 3.45. The van der Waals surface area contributed by atoms with Gasteiger partial charge in [-0.1, -0.05) is 29.8 Å². The summed E-state index contributed by atoms with van der Waals surface area (Å²) in [4.78, 5) is 43.2. The lowest BCUT2D eigenvalue weighted by Crippen LogP contribution is -2.53. The lowest BCUT2D eigenvalue weighted by molar-refractivity contribution is -0.145. The second-order valence-electron chi connectivity index (χ2n) is 8.20. The predicted octanol–water partition coefficient (Wildman–Crippen LogP) is 3.07. The number of likely N-dealkylation sites (tertiary alicyclic amines) is 1. The first-order valence-electron chi connectivity index (χ1n) is 10.4. The first-order valence-corrected chi connectivity index (χ1v) is 10.8. The topological polar surface area (TPSA) is 87.2 Å². The smallest absolute Gasteiger partial charge is 0.296 e. The number of para-hydroxylation sites is 1. The molecule has 3 aliphatic heterocycles. The molecule has 164 valence electrons. The summed E-state index contributed by atoms with van der Waals surface area (Å²) in [5, 5.41) is 11.7. The quantitative estimate of drug-likeness (QED) is 0.439. The summed E-state index contributed by atoms with van der Waals surface area (Å²) in [6, 6.07) is 13.3. The zero-order valence-electron chi connectivity index (χ0n) is 17.4. The van der Waals surface area contributed by atoms with E-state index in [1.807, 2.05) is 0 Å². The van der Waals surface area contributed by atoms with Crippen LogP contribution in [0.1, 0.15) is 24.0 Å². The molecule has 8 heteroatoms. The maximum atomic E-state index is 13.8. The van der Waals surface area contributed by atoms with E-state index in [9.17, 15) is 19.5 Å². The van der Waals surface area contributed by atoms with Gasteiger partial charge in [0.2, 0.25) is 0 Å². The SMILES string of the molecule is CN1C(=O)[C@]2(C(=C(O)c3ccc(Cl)cc3)C(=O)C(=O)N2C[C@@H]2CCCO2)c2ccccc21. The zero-order valence-corrected chi connectivity index (χ0v) is 18.1. The minimum atomic E-state index is -1.75. The molecule has 1 spiro atoms. The molecule has 0 saturated carbocycles. The number of aliphatic hydroxyl groups is 1. The molecule has 2 amide bonds. The van der Waals surface area contributed by atoms with Gasteiger partial charge in [-0.3, -0.25) is 14.4 Å². The van der Waals surface area contributed by atoms with Crippen molar-refractivity contribution in [3.63, 3.8) is 0 Å². The van der Waals surface area contributed by atoms with Crippen molar-refractivity contribution in [3.05, 3.63) is 70.3 Å². The van der Waals surface area contributed by atoms with Gasteiger partial charge in [-0.05, 0) is 43.2 Å². The third-order valence-electron chi connectivity index (χ3n) is 6.47. The predicted molar refractivity (Wildman–Crippen MR) is 118 cm³/mol. The van der Waals surface area contributed by atoms with Gasteiger partial charge in [0.15, 0.2) is 5.54 Å². The second kappa shape index (κ2) is 7.46. The number of hydrogen-bond acceptors (Lipinski definition) is 5. The van der Waals surface area contributed by atoms with E-state index in [1.165, 1.54) is 9.80 Å². The summed E-state index contributed by atoms with van der Waals surface area (Å²) in [5.41, 5.74) is -0.623. The number of anilines is 1. The Bertz CT molecular complexity index is 1170. The summed E-state index contributed by atoms with van der Waals surface area (Å²) in [5.74, 6) is -2.59. The molecule has 5 rings (SSSR count). The maximum Gasteiger partial charge on any atom is 0.296 e. The number of ether oxygens (including phenoxy) is 1. The highest BCUT2D eigenvalue weighted by atomic mass is 35.5. The van der Waals surface area contributed by atoms with Crippen LogP contribution >= 0.6 is 11.6 Å². The van der Waals surface area contributed by atoms with Crippen LogP contribution < -0.4 is 4.90 Å². The number of hydrogen-bond donors (Lipinski definition) is 1. The van der Waals surface area contributed by atoms with Crippen LogP contribution in [-0.2, 0) is 24.7 Å². The van der Waals surface area contributed by atoms with Crippen molar-refractivity contribution in [1.29, 1.82) is 0 Å². The van der Waals surface area contributed by atoms with E-state index < -0.39 is 28.9 Å². The van der Waals surface area contributed by atoms with Crippen molar-refractivity contribution in [2.45, 2.75) is 24.5 Å². The number of carbonyl (C=O) groups excluding carboxylic acids is 3. The van der Waals surface area contributed by atoms with Crippen molar-refractivity contribution >= 4 is 40.6 Å². The molecule has 2 fully saturated rings. The molecule has 2 atom stereocenters. The third-order valence-corrected chi connectivity index (χ3v) is 6.72. The molecule has 0 bridgehead atoms. The third kappa shape index (κ3) is 2.74. The van der Waals surface area contributed by atoms with Crippen molar-refractivity contribution in [2.75, 3.05) is 25.1 Å². The highest BCUT2D eigenvalue weighted by Gasteiger charge is 2.66. The summed E-state index contributed by atoms with van der Waals surface area (Å²) in [6.45, 7) is 0.646. The molecule has 0 unspecified atom stereocenters. The molecular formula is C24H21ClN2O5. The lowest BCUT2D eigenvalue weighted by Gasteiger charge is -2.35. The summed E-state index contributed by atoms with van der Waals surface area (Å²) < 4.78 is 5.72. The van der Waals surface area contributed by atoms with Gasteiger partial charge in [-0.2, -0.15) is 0 Å². The van der Waals surface area contributed by atoms with E-state index in [0.29, 0.717) is 28.4 Å². The number of aliphatic hydroxyl groups excluding tert-OH is 1. The molecule has 2 aromatic carbocycles. The largest absolute Gasteiger partial charge is 0.507 e. The van der Waals surface area contributed by atoms with Crippen LogP contribution in [0.3, 0.4) is 0 Å². The molecule has 32 heavy (non-hydrogen) atoms. The number of likely N-dealkylation sites (N-methyl/N-ethyl adjacent to an activating group) is 1. The van der Waals surface area contributed by atoms with E-state index in [4.69, 9.17) is 16.3 Å². The highest BCUT2D eigenvalue weighted by Crippen LogP contribution is 2.53. The van der Waals surface area contributed by atoms with Gasteiger partial charge in [0, 0.05) is 42.0 Å². The van der Waals surface area contributed by atoms with Gasteiger partial charge >= 0.3 is 0 Å². The fourth-order valence-electron chi connectivity index (χ4n) is 4.97. The number of ketones is 1. The van der Waals surface area contributed by atoms with Gasteiger partial charge in [0.25, 0.3) is 17.6 Å². The van der Waals surface area contributed by atoms with Gasteiger partial charge in [0.05, 0.1) is 11.7 Å². The fraction of sp³-hybridized carbons (Fsp3) is 0.292. The molecule has 0 aromatic heterocycles. The Morgan fingerprint density at radius 1 is 1.16 bits per heavy atom. The van der Waals surface area contributed by atoms with Gasteiger partial charge in [-0.15, -0.1) is 0 Å². The van der Waals surface area contributed by atoms with Gasteiger partial charge in [-0.25, -0.2) is 0 Å². The Balaban J connectivity index is 1.79. The Labute approximate surface area is 189 Å². The van der Waals surface area contributed by atoms with E-state index in [1.54, 1.807) is 55.6 Å². The monoisotopic (exact) mass is 452 g/mol. The molecule has 3 aliphatic rings. The van der Waals surface area contributed by atoms with Crippen molar-refractivity contribution < 1.29 is 24.2 Å². The summed E-state index contributed by atoms with van der Waals surface area (Å²) in [6.07, 6.45) is 1.28. The number of fused-ring (bicyclic) bond motifs is 2. The fourth-order valence-corrected chi connectivity index (χ4v) is 5.09. The normalized spacial score (nSPS) is 26.4. The van der Waals surface area contributed by atoms with Crippen molar-refractivity contribution in [3.8, 4) is 0 Å². The van der Waals surface area contributed by atoms with Crippen molar-refractivity contribution in [1.82, 2.24) is 4.90 Å². The Morgan fingerprint density at radius 2 is 1.88 bits per heavy atom. The number of Topliss-reactive ketones (excluding diaryl/α,β-unsaturated/α-hetero) is 1. The molecular weight excluding hydrogens is 432 g/mol. The van der Waals surface area contributed by atoms with Gasteiger partial charge < -0.3 is 19.6 Å². The molecule has 2 aromatic rings. The van der Waals surface area contributed by atoms with E-state index in [0.717, 1.165) is 12.8 Å². The van der Waals surface area contributed by atoms with Crippen LogP contribution in [0.15, 0.2) is 54.1 Å². The summed E-state index contributed by atoms with van der Waals surface area (Å²) >= 11 is 5.97. The van der Waals surface area contributed by atoms with Crippen LogP contribution in [0.5, 0.6) is 0 Å². The number of benzene rings is 2. The molecule has 3 heterocycles. The number of halogens is 1. The summed E-state index contributed by atoms with van der Waals surface area (Å²) in [7, 11) is 1.60. The maximum absolute atomic E-state index is 13.8.